The molecule has 1 aliphatic rings. The van der Waals surface area contributed by atoms with Crippen LogP contribution in [-0.2, 0) is 6.54 Å². The summed E-state index contributed by atoms with van der Waals surface area (Å²) in [6, 6.07) is 10.8. The second-order valence-corrected chi connectivity index (χ2v) is 9.55. The third-order valence-corrected chi connectivity index (χ3v) is 6.84. The molecular formula is C23H33N3S2. The maximum Gasteiger partial charge on any atom is 0.173 e. The van der Waals surface area contributed by atoms with Gasteiger partial charge in [0.15, 0.2) is 5.11 Å². The molecule has 2 heterocycles. The van der Waals surface area contributed by atoms with Crippen LogP contribution in [0.1, 0.15) is 42.2 Å². The highest BCUT2D eigenvalue weighted by atomic mass is 32.1. The lowest BCUT2D eigenvalue weighted by molar-refractivity contribution is 0.177. The second-order valence-electron chi connectivity index (χ2n) is 8.13. The average Bonchev–Trinajstić information content (AvgIpc) is 3.17. The zero-order chi connectivity index (χ0) is 19.9. The molecule has 1 saturated heterocycles. The standard InChI is InChI=1S/C23H33N3S2/c1-18-7-4-11-25(16-18)12-6-13-26(17-22-8-5-14-28-22)23(27)24-21-10-9-19(2)20(3)15-21/h5,8-10,14-15,18H,4,6-7,11-13,16-17H2,1-3H3,(H,24,27)/t18-/m1/s1. The number of nitrogens with one attached hydrogen (secondary N) is 1. The first-order valence-corrected chi connectivity index (χ1v) is 11.7. The molecule has 1 fully saturated rings. The van der Waals surface area contributed by atoms with Gasteiger partial charge >= 0.3 is 0 Å². The number of anilines is 1. The summed E-state index contributed by atoms with van der Waals surface area (Å²) in [5.41, 5.74) is 3.67. The zero-order valence-electron chi connectivity index (χ0n) is 17.4. The molecule has 0 bridgehead atoms. The molecule has 1 aromatic heterocycles. The lowest BCUT2D eigenvalue weighted by Gasteiger charge is -2.32. The Labute approximate surface area is 179 Å². The number of thiocarbonyl (C=S) groups is 1. The van der Waals surface area contributed by atoms with Crippen molar-refractivity contribution >= 4 is 34.4 Å². The third kappa shape index (κ3) is 6.29. The molecule has 0 unspecified atom stereocenters. The highest BCUT2D eigenvalue weighted by Crippen LogP contribution is 2.18. The van der Waals surface area contributed by atoms with Crippen LogP contribution >= 0.6 is 23.6 Å². The van der Waals surface area contributed by atoms with Gasteiger partial charge in [0, 0.05) is 23.7 Å². The Morgan fingerprint density at radius 3 is 2.86 bits per heavy atom. The first-order valence-electron chi connectivity index (χ1n) is 10.4. The van der Waals surface area contributed by atoms with E-state index >= 15 is 0 Å². The van der Waals surface area contributed by atoms with Crippen molar-refractivity contribution in [3.05, 3.63) is 51.7 Å². The molecule has 3 nitrogen and oxygen atoms in total. The van der Waals surface area contributed by atoms with Gasteiger partial charge in [0.05, 0.1) is 6.54 Å². The molecule has 1 N–H and O–H groups in total. The average molecular weight is 416 g/mol. The number of nitrogens with zero attached hydrogens (tertiary/aromatic N) is 2. The van der Waals surface area contributed by atoms with Crippen molar-refractivity contribution in [1.82, 2.24) is 9.80 Å². The van der Waals surface area contributed by atoms with Crippen molar-refractivity contribution in [2.24, 2.45) is 5.92 Å². The normalized spacial score (nSPS) is 17.5. The number of piperidine rings is 1. The fraction of sp³-hybridized carbons (Fsp3) is 0.522. The van der Waals surface area contributed by atoms with Crippen LogP contribution in [0.5, 0.6) is 0 Å². The molecule has 152 valence electrons. The second kappa shape index (κ2) is 10.4. The van der Waals surface area contributed by atoms with Gasteiger partial charge in [-0.25, -0.2) is 0 Å². The highest BCUT2D eigenvalue weighted by molar-refractivity contribution is 7.80. The van der Waals surface area contributed by atoms with E-state index in [-0.39, 0.29) is 0 Å². The van der Waals surface area contributed by atoms with E-state index in [2.05, 4.69) is 71.6 Å². The Bertz CT molecular complexity index is 757. The van der Waals surface area contributed by atoms with Crippen LogP contribution in [0.2, 0.25) is 0 Å². The molecule has 0 aliphatic carbocycles. The molecule has 1 atom stereocenters. The molecule has 1 aromatic carbocycles. The van der Waals surface area contributed by atoms with Crippen LogP contribution in [0, 0.1) is 19.8 Å². The van der Waals surface area contributed by atoms with Crippen molar-refractivity contribution in [3.8, 4) is 0 Å². The Morgan fingerprint density at radius 1 is 1.29 bits per heavy atom. The topological polar surface area (TPSA) is 18.5 Å². The van der Waals surface area contributed by atoms with E-state index in [1.165, 1.54) is 41.9 Å². The quantitative estimate of drug-likeness (QED) is 0.586. The summed E-state index contributed by atoms with van der Waals surface area (Å²) in [4.78, 5) is 6.30. The number of hydrogen-bond acceptors (Lipinski definition) is 3. The molecule has 0 radical (unpaired) electrons. The lowest BCUT2D eigenvalue weighted by atomic mass is 10.0. The largest absolute Gasteiger partial charge is 0.344 e. The Kier molecular flexibility index (Phi) is 7.89. The minimum Gasteiger partial charge on any atom is -0.344 e. The van der Waals surface area contributed by atoms with Gasteiger partial charge in [0.1, 0.15) is 0 Å². The summed E-state index contributed by atoms with van der Waals surface area (Å²) >= 11 is 7.60. The summed E-state index contributed by atoms with van der Waals surface area (Å²) in [7, 11) is 0. The molecule has 0 saturated carbocycles. The van der Waals surface area contributed by atoms with E-state index in [1.54, 1.807) is 11.3 Å². The van der Waals surface area contributed by atoms with Crippen LogP contribution in [0.4, 0.5) is 5.69 Å². The predicted molar refractivity (Wildman–Crippen MR) is 126 cm³/mol. The first-order chi connectivity index (χ1) is 13.5. The van der Waals surface area contributed by atoms with E-state index in [0.29, 0.717) is 0 Å². The van der Waals surface area contributed by atoms with Crippen LogP contribution in [-0.4, -0.2) is 41.1 Å². The minimum absolute atomic E-state index is 0.823. The van der Waals surface area contributed by atoms with Crippen LogP contribution < -0.4 is 5.32 Å². The van der Waals surface area contributed by atoms with Gasteiger partial charge in [-0.1, -0.05) is 19.1 Å². The van der Waals surface area contributed by atoms with Gasteiger partial charge in [0.2, 0.25) is 0 Å². The van der Waals surface area contributed by atoms with Crippen LogP contribution in [0.25, 0.3) is 0 Å². The zero-order valence-corrected chi connectivity index (χ0v) is 19.0. The maximum atomic E-state index is 5.80. The summed E-state index contributed by atoms with van der Waals surface area (Å²) in [6.45, 7) is 12.2. The number of aryl methyl sites for hydroxylation is 2. The number of hydrogen-bond donors (Lipinski definition) is 1. The lowest BCUT2D eigenvalue weighted by Crippen LogP contribution is -2.39. The molecule has 5 heteroatoms. The SMILES string of the molecule is Cc1ccc(NC(=S)N(CCCN2CCC[C@@H](C)C2)Cc2cccs2)cc1C. The summed E-state index contributed by atoms with van der Waals surface area (Å²) in [6.07, 6.45) is 3.87. The smallest absolute Gasteiger partial charge is 0.173 e. The number of thiophene rings is 1. The van der Waals surface area contributed by atoms with E-state index in [4.69, 9.17) is 12.2 Å². The summed E-state index contributed by atoms with van der Waals surface area (Å²) < 4.78 is 0. The van der Waals surface area contributed by atoms with Gasteiger partial charge in [0.25, 0.3) is 0 Å². The van der Waals surface area contributed by atoms with Crippen molar-refractivity contribution in [2.45, 2.75) is 46.6 Å². The monoisotopic (exact) mass is 415 g/mol. The van der Waals surface area contributed by atoms with Gasteiger partial charge in [-0.15, -0.1) is 11.3 Å². The fourth-order valence-corrected chi connectivity index (χ4v) is 4.83. The number of rotatable bonds is 7. The first kappa shape index (κ1) is 21.3. The van der Waals surface area contributed by atoms with E-state index in [1.807, 2.05) is 0 Å². The van der Waals surface area contributed by atoms with Gasteiger partial charge in [-0.05, 0) is 99.0 Å². The third-order valence-electron chi connectivity index (χ3n) is 5.62. The Balaban J connectivity index is 1.58. The fourth-order valence-electron chi connectivity index (χ4n) is 3.84. The molecule has 0 amide bonds. The van der Waals surface area contributed by atoms with Crippen molar-refractivity contribution < 1.29 is 0 Å². The number of likely N-dealkylation sites (tertiary alicyclic amines) is 1. The van der Waals surface area contributed by atoms with E-state index in [0.717, 1.165) is 42.8 Å². The van der Waals surface area contributed by atoms with Crippen molar-refractivity contribution in [2.75, 3.05) is 31.5 Å². The molecule has 3 rings (SSSR count). The molecular weight excluding hydrogens is 382 g/mol. The summed E-state index contributed by atoms with van der Waals surface area (Å²) in [5, 5.41) is 6.43. The van der Waals surface area contributed by atoms with E-state index in [9.17, 15) is 0 Å². The molecule has 0 spiro atoms. The molecule has 2 aromatic rings. The predicted octanol–water partition coefficient (Wildman–Crippen LogP) is 5.69. The molecule has 28 heavy (non-hydrogen) atoms. The van der Waals surface area contributed by atoms with Crippen LogP contribution in [0.3, 0.4) is 0 Å². The van der Waals surface area contributed by atoms with Gasteiger partial charge < -0.3 is 15.1 Å². The van der Waals surface area contributed by atoms with Gasteiger partial charge in [-0.2, -0.15) is 0 Å². The highest BCUT2D eigenvalue weighted by Gasteiger charge is 2.17. The Hall–Kier alpha value is -1.43. The minimum atomic E-state index is 0.823. The van der Waals surface area contributed by atoms with E-state index < -0.39 is 0 Å². The van der Waals surface area contributed by atoms with Crippen molar-refractivity contribution in [1.29, 1.82) is 0 Å². The summed E-state index contributed by atoms with van der Waals surface area (Å²) in [5.74, 6) is 0.837. The van der Waals surface area contributed by atoms with Crippen LogP contribution in [0.15, 0.2) is 35.7 Å². The molecule has 1 aliphatic heterocycles. The Morgan fingerprint density at radius 2 is 2.14 bits per heavy atom. The van der Waals surface area contributed by atoms with Crippen molar-refractivity contribution in [3.63, 3.8) is 0 Å². The number of benzene rings is 1. The van der Waals surface area contributed by atoms with Gasteiger partial charge in [-0.3, -0.25) is 0 Å². The maximum absolute atomic E-state index is 5.80.